The third-order valence-corrected chi connectivity index (χ3v) is 5.61. The minimum absolute atomic E-state index is 0.123. The molecule has 0 saturated carbocycles. The Morgan fingerprint density at radius 2 is 2.07 bits per heavy atom. The van der Waals surface area contributed by atoms with E-state index < -0.39 is 11.9 Å². The Labute approximate surface area is 176 Å². The molecular weight excluding hydrogens is 413 g/mol. The van der Waals surface area contributed by atoms with Crippen LogP contribution >= 0.6 is 24.0 Å². The third kappa shape index (κ3) is 5.45. The number of carboxylic acids is 1. The highest BCUT2D eigenvalue weighted by Gasteiger charge is 2.31. The summed E-state index contributed by atoms with van der Waals surface area (Å²) in [5.74, 6) is -1.62. The summed E-state index contributed by atoms with van der Waals surface area (Å²) in [6, 6.07) is 8.38. The van der Waals surface area contributed by atoms with Crippen LogP contribution in [0.5, 0.6) is 0 Å². The smallest absolute Gasteiger partial charge is 0.303 e. The molecule has 1 N–H and O–H groups in total. The van der Waals surface area contributed by atoms with Crippen molar-refractivity contribution in [3.8, 4) is 11.3 Å². The van der Waals surface area contributed by atoms with E-state index in [1.165, 1.54) is 22.9 Å². The number of carbonyl (C=O) groups excluding carboxylic acids is 1. The van der Waals surface area contributed by atoms with Gasteiger partial charge in [0.05, 0.1) is 21.9 Å². The summed E-state index contributed by atoms with van der Waals surface area (Å²) in [5, 5.41) is 8.66. The Balaban J connectivity index is 1.69. The quantitative estimate of drug-likeness (QED) is 0.291. The van der Waals surface area contributed by atoms with Crippen molar-refractivity contribution >= 4 is 46.3 Å². The van der Waals surface area contributed by atoms with Crippen LogP contribution in [0.1, 0.15) is 31.4 Å². The van der Waals surface area contributed by atoms with Crippen LogP contribution < -0.4 is 0 Å². The predicted molar refractivity (Wildman–Crippen MR) is 113 cm³/mol. The van der Waals surface area contributed by atoms with Crippen molar-refractivity contribution in [1.82, 2.24) is 14.9 Å². The zero-order valence-electron chi connectivity index (χ0n) is 15.4. The van der Waals surface area contributed by atoms with Gasteiger partial charge < -0.3 is 5.11 Å². The molecule has 1 aliphatic rings. The Hall–Kier alpha value is -2.65. The van der Waals surface area contributed by atoms with Gasteiger partial charge in [-0.05, 0) is 43.2 Å². The van der Waals surface area contributed by atoms with Gasteiger partial charge in [0.25, 0.3) is 5.91 Å². The Bertz CT molecular complexity index is 981. The lowest BCUT2D eigenvalue weighted by Crippen LogP contribution is -2.29. The Morgan fingerprint density at radius 3 is 2.83 bits per heavy atom. The molecule has 1 fully saturated rings. The number of amides is 1. The molecule has 0 atom stereocenters. The summed E-state index contributed by atoms with van der Waals surface area (Å²) in [6.07, 6.45) is 5.10. The molecule has 1 amide bonds. The lowest BCUT2D eigenvalue weighted by Gasteiger charge is -2.13. The predicted octanol–water partition coefficient (Wildman–Crippen LogP) is 4.13. The summed E-state index contributed by atoms with van der Waals surface area (Å²) in [6.45, 7) is 0.454. The second-order valence-electron chi connectivity index (χ2n) is 6.33. The maximum Gasteiger partial charge on any atom is 0.303 e. The summed E-state index contributed by atoms with van der Waals surface area (Å²) in [4.78, 5) is 33.2. The second-order valence-corrected chi connectivity index (χ2v) is 8.00. The van der Waals surface area contributed by atoms with Gasteiger partial charge in [0.1, 0.15) is 4.32 Å². The van der Waals surface area contributed by atoms with E-state index in [1.54, 1.807) is 36.4 Å². The number of nitrogens with zero attached hydrogens (tertiary/aromatic N) is 3. The molecule has 0 aliphatic carbocycles. The van der Waals surface area contributed by atoms with Crippen molar-refractivity contribution < 1.29 is 19.1 Å². The van der Waals surface area contributed by atoms with Gasteiger partial charge in [0.2, 0.25) is 5.95 Å². The number of unbranched alkanes of at least 4 members (excludes halogenated alkanes) is 2. The van der Waals surface area contributed by atoms with Crippen LogP contribution in [-0.2, 0) is 9.59 Å². The molecule has 0 radical (unpaired) electrons. The number of hydrogen-bond acceptors (Lipinski definition) is 6. The minimum Gasteiger partial charge on any atom is -0.481 e. The van der Waals surface area contributed by atoms with Crippen LogP contribution in [-0.4, -0.2) is 42.7 Å². The first-order valence-corrected chi connectivity index (χ1v) is 10.2. The molecule has 1 saturated heterocycles. The summed E-state index contributed by atoms with van der Waals surface area (Å²) in [7, 11) is 0. The van der Waals surface area contributed by atoms with Gasteiger partial charge in [-0.3, -0.25) is 14.5 Å². The fourth-order valence-corrected chi connectivity index (χ4v) is 4.10. The molecule has 6 nitrogen and oxygen atoms in total. The molecule has 0 unspecified atom stereocenters. The summed E-state index contributed by atoms with van der Waals surface area (Å²) in [5.41, 5.74) is 1.24. The van der Waals surface area contributed by atoms with Crippen LogP contribution in [0.3, 0.4) is 0 Å². The maximum atomic E-state index is 13.9. The Kier molecular flexibility index (Phi) is 7.05. The average molecular weight is 432 g/mol. The number of hydrogen-bond donors (Lipinski definition) is 1. The molecule has 150 valence electrons. The highest BCUT2D eigenvalue weighted by Crippen LogP contribution is 2.33. The lowest BCUT2D eigenvalue weighted by molar-refractivity contribution is -0.137. The first-order valence-electron chi connectivity index (χ1n) is 9.01. The maximum absolute atomic E-state index is 13.9. The SMILES string of the molecule is O=C(O)CCCCCN1C(=O)/C(=C/c2cccc(-c3cccnc3F)n2)SC1=S. The Morgan fingerprint density at radius 1 is 1.24 bits per heavy atom. The number of rotatable bonds is 8. The van der Waals surface area contributed by atoms with E-state index in [-0.39, 0.29) is 17.9 Å². The molecule has 0 spiro atoms. The standard InChI is InChI=1S/C20H18FN3O3S2/c21-18-14(7-5-10-22-18)15-8-4-6-13(23-15)12-16-19(27)24(20(28)29-16)11-3-1-2-9-17(25)26/h4-8,10,12H,1-3,9,11H2,(H,25,26)/b16-12-. The van der Waals surface area contributed by atoms with Gasteiger partial charge in [-0.25, -0.2) is 9.97 Å². The molecule has 0 aromatic carbocycles. The molecular formula is C20H18FN3O3S2. The fourth-order valence-electron chi connectivity index (χ4n) is 2.81. The highest BCUT2D eigenvalue weighted by molar-refractivity contribution is 8.26. The lowest BCUT2D eigenvalue weighted by atomic mass is 10.1. The summed E-state index contributed by atoms with van der Waals surface area (Å²) < 4.78 is 14.4. The largest absolute Gasteiger partial charge is 0.481 e. The van der Waals surface area contributed by atoms with E-state index in [0.717, 1.165) is 0 Å². The van der Waals surface area contributed by atoms with Crippen molar-refractivity contribution in [3.63, 3.8) is 0 Å². The molecule has 9 heteroatoms. The van der Waals surface area contributed by atoms with Crippen LogP contribution in [0.4, 0.5) is 4.39 Å². The van der Waals surface area contributed by atoms with Crippen molar-refractivity contribution in [2.45, 2.75) is 25.7 Å². The van der Waals surface area contributed by atoms with Crippen molar-refractivity contribution in [3.05, 3.63) is 53.1 Å². The van der Waals surface area contributed by atoms with E-state index in [0.29, 0.717) is 46.4 Å². The van der Waals surface area contributed by atoms with E-state index in [9.17, 15) is 14.0 Å². The number of thiocarbonyl (C=S) groups is 1. The number of carboxylic acid groups (broad SMARTS) is 1. The number of carbonyl (C=O) groups is 2. The van der Waals surface area contributed by atoms with Crippen molar-refractivity contribution in [2.24, 2.45) is 0 Å². The number of pyridine rings is 2. The van der Waals surface area contributed by atoms with Gasteiger partial charge >= 0.3 is 5.97 Å². The van der Waals surface area contributed by atoms with E-state index in [4.69, 9.17) is 17.3 Å². The summed E-state index contributed by atoms with van der Waals surface area (Å²) >= 11 is 6.50. The van der Waals surface area contributed by atoms with Gasteiger partial charge in [0, 0.05) is 19.2 Å². The van der Waals surface area contributed by atoms with Gasteiger partial charge in [-0.1, -0.05) is 36.5 Å². The zero-order valence-corrected chi connectivity index (χ0v) is 17.0. The van der Waals surface area contributed by atoms with Gasteiger partial charge in [0.15, 0.2) is 0 Å². The number of thioether (sulfide) groups is 1. The molecule has 1 aliphatic heterocycles. The number of aliphatic carboxylic acids is 1. The minimum atomic E-state index is -0.820. The van der Waals surface area contributed by atoms with Crippen LogP contribution in [0.15, 0.2) is 41.4 Å². The first-order chi connectivity index (χ1) is 14.0. The van der Waals surface area contributed by atoms with Crippen molar-refractivity contribution in [1.29, 1.82) is 0 Å². The zero-order chi connectivity index (χ0) is 20.8. The first kappa shape index (κ1) is 21.1. The fraction of sp³-hybridized carbons (Fsp3) is 0.250. The monoisotopic (exact) mass is 431 g/mol. The normalized spacial score (nSPS) is 15.3. The van der Waals surface area contributed by atoms with E-state index in [2.05, 4.69) is 9.97 Å². The molecule has 3 heterocycles. The van der Waals surface area contributed by atoms with Gasteiger partial charge in [-0.15, -0.1) is 0 Å². The number of aromatic nitrogens is 2. The van der Waals surface area contributed by atoms with Crippen LogP contribution in [0.25, 0.3) is 17.3 Å². The van der Waals surface area contributed by atoms with Crippen LogP contribution in [0, 0.1) is 5.95 Å². The molecule has 29 heavy (non-hydrogen) atoms. The second kappa shape index (κ2) is 9.71. The highest BCUT2D eigenvalue weighted by atomic mass is 32.2. The van der Waals surface area contributed by atoms with E-state index in [1.807, 2.05) is 0 Å². The number of halogens is 1. The van der Waals surface area contributed by atoms with E-state index >= 15 is 0 Å². The average Bonchev–Trinajstić information content (AvgIpc) is 2.95. The third-order valence-electron chi connectivity index (χ3n) is 4.23. The molecule has 2 aromatic heterocycles. The molecule has 3 rings (SSSR count). The van der Waals surface area contributed by atoms with Crippen molar-refractivity contribution in [2.75, 3.05) is 6.54 Å². The molecule has 2 aromatic rings. The molecule has 0 bridgehead atoms. The van der Waals surface area contributed by atoms with Gasteiger partial charge in [-0.2, -0.15) is 4.39 Å². The van der Waals surface area contributed by atoms with Crippen LogP contribution in [0.2, 0.25) is 0 Å². The topological polar surface area (TPSA) is 83.4 Å².